The Morgan fingerprint density at radius 3 is 2.38 bits per heavy atom. The summed E-state index contributed by atoms with van der Waals surface area (Å²) in [4.78, 5) is 12.0. The molecule has 1 heterocycles. The Labute approximate surface area is 126 Å². The number of aryl methyl sites for hydroxylation is 1. The highest BCUT2D eigenvalue weighted by atomic mass is 16.1. The second kappa shape index (κ2) is 6.00. The minimum Gasteiger partial charge on any atom is -0.366 e. The molecule has 3 nitrogen and oxygen atoms in total. The van der Waals surface area contributed by atoms with Crippen LogP contribution in [0.2, 0.25) is 0 Å². The average molecular weight is 282 g/mol. The molecule has 21 heavy (non-hydrogen) atoms. The van der Waals surface area contributed by atoms with E-state index in [1.807, 2.05) is 32.1 Å². The van der Waals surface area contributed by atoms with E-state index < -0.39 is 0 Å². The molecule has 2 rings (SSSR count). The molecule has 1 amide bonds. The molecule has 0 fully saturated rings. The molecule has 0 saturated heterocycles. The van der Waals surface area contributed by atoms with Crippen molar-refractivity contribution in [2.24, 2.45) is 5.73 Å². The van der Waals surface area contributed by atoms with Crippen molar-refractivity contribution in [2.75, 3.05) is 0 Å². The van der Waals surface area contributed by atoms with E-state index >= 15 is 0 Å². The summed E-state index contributed by atoms with van der Waals surface area (Å²) >= 11 is 0. The van der Waals surface area contributed by atoms with E-state index in [1.165, 1.54) is 5.56 Å². The van der Waals surface area contributed by atoms with Crippen molar-refractivity contribution in [2.45, 2.75) is 33.7 Å². The third kappa shape index (κ3) is 2.64. The number of nitrogens with two attached hydrogens (primary N) is 1. The number of nitrogens with zero attached hydrogens (tertiary/aromatic N) is 1. The molecule has 1 aromatic heterocycles. The number of hydrogen-bond acceptors (Lipinski definition) is 1. The fraction of sp³-hybridized carbons (Fsp3) is 0.278. The van der Waals surface area contributed by atoms with Gasteiger partial charge in [0, 0.05) is 23.5 Å². The highest BCUT2D eigenvalue weighted by molar-refractivity contribution is 6.02. The van der Waals surface area contributed by atoms with Gasteiger partial charge in [-0.25, -0.2) is 0 Å². The van der Waals surface area contributed by atoms with Crippen molar-refractivity contribution in [1.29, 1.82) is 0 Å². The number of carbonyl (C=O) groups excluding carboxylic acids is 1. The van der Waals surface area contributed by atoms with Gasteiger partial charge in [-0.05, 0) is 25.8 Å². The van der Waals surface area contributed by atoms with Crippen molar-refractivity contribution in [1.82, 2.24) is 4.57 Å². The van der Waals surface area contributed by atoms with E-state index in [9.17, 15) is 4.79 Å². The Bertz CT molecular complexity index is 678. The second-order valence-corrected chi connectivity index (χ2v) is 5.27. The fourth-order valence-corrected chi connectivity index (χ4v) is 2.87. The van der Waals surface area contributed by atoms with E-state index in [2.05, 4.69) is 30.2 Å². The summed E-state index contributed by atoms with van der Waals surface area (Å²) < 4.78 is 2.13. The first kappa shape index (κ1) is 15.1. The van der Waals surface area contributed by atoms with Crippen molar-refractivity contribution in [3.05, 3.63) is 59.4 Å². The van der Waals surface area contributed by atoms with Crippen LogP contribution >= 0.6 is 0 Å². The van der Waals surface area contributed by atoms with Gasteiger partial charge in [0.15, 0.2) is 0 Å². The average Bonchev–Trinajstić information content (AvgIpc) is 2.73. The van der Waals surface area contributed by atoms with Gasteiger partial charge in [-0.1, -0.05) is 42.8 Å². The Kier molecular flexibility index (Phi) is 4.32. The van der Waals surface area contributed by atoms with E-state index in [0.29, 0.717) is 12.1 Å². The molecular weight excluding hydrogens is 260 g/mol. The number of aromatic nitrogens is 1. The minimum absolute atomic E-state index is 0.374. The van der Waals surface area contributed by atoms with E-state index in [-0.39, 0.29) is 5.91 Å². The monoisotopic (exact) mass is 282 g/mol. The van der Waals surface area contributed by atoms with Gasteiger partial charge in [0.05, 0.1) is 5.56 Å². The van der Waals surface area contributed by atoms with Gasteiger partial charge in [0.25, 0.3) is 5.91 Å². The molecule has 0 aliphatic carbocycles. The molecule has 0 unspecified atom stereocenters. The van der Waals surface area contributed by atoms with Crippen molar-refractivity contribution in [3.8, 4) is 11.1 Å². The predicted octanol–water partition coefficient (Wildman–Crippen LogP) is 3.62. The third-order valence-corrected chi connectivity index (χ3v) is 3.86. The van der Waals surface area contributed by atoms with E-state index in [1.54, 1.807) is 0 Å². The normalized spacial score (nSPS) is 10.6. The molecule has 3 heteroatoms. The molecular formula is C18H22N2O. The standard InChI is InChI=1S/C18H22N2O/c1-5-11-20-13(4)16(18(19)21)17(15(20)6-2)14-9-7-12(3)8-10-14/h5,7-10H,1,6,11H2,2-4H3,(H2,19,21). The Morgan fingerprint density at radius 2 is 1.90 bits per heavy atom. The number of rotatable bonds is 5. The maximum Gasteiger partial charge on any atom is 0.251 e. The summed E-state index contributed by atoms with van der Waals surface area (Å²) in [6, 6.07) is 8.21. The zero-order valence-electron chi connectivity index (χ0n) is 12.9. The Morgan fingerprint density at radius 1 is 1.29 bits per heavy atom. The molecule has 0 bridgehead atoms. The summed E-state index contributed by atoms with van der Waals surface area (Å²) in [5.74, 6) is -0.374. The smallest absolute Gasteiger partial charge is 0.251 e. The molecule has 0 aliphatic heterocycles. The van der Waals surface area contributed by atoms with Crippen LogP contribution in [0, 0.1) is 13.8 Å². The molecule has 0 radical (unpaired) electrons. The minimum atomic E-state index is -0.374. The topological polar surface area (TPSA) is 48.0 Å². The molecule has 1 aromatic carbocycles. The van der Waals surface area contributed by atoms with Crippen molar-refractivity contribution in [3.63, 3.8) is 0 Å². The number of allylic oxidation sites excluding steroid dienone is 1. The third-order valence-electron chi connectivity index (χ3n) is 3.86. The quantitative estimate of drug-likeness (QED) is 0.837. The van der Waals surface area contributed by atoms with Gasteiger partial charge >= 0.3 is 0 Å². The fourth-order valence-electron chi connectivity index (χ4n) is 2.87. The lowest BCUT2D eigenvalue weighted by molar-refractivity contribution is 0.1000. The summed E-state index contributed by atoms with van der Waals surface area (Å²) in [5.41, 5.74) is 11.5. The van der Waals surface area contributed by atoms with Gasteiger partial charge in [0.2, 0.25) is 0 Å². The first-order chi connectivity index (χ1) is 10.0. The van der Waals surface area contributed by atoms with Crippen molar-refractivity contribution < 1.29 is 4.79 Å². The van der Waals surface area contributed by atoms with Crippen LogP contribution in [-0.2, 0) is 13.0 Å². The van der Waals surface area contributed by atoms with Crippen LogP contribution in [0.5, 0.6) is 0 Å². The molecule has 0 saturated carbocycles. The first-order valence-corrected chi connectivity index (χ1v) is 7.20. The zero-order chi connectivity index (χ0) is 15.6. The molecule has 2 aromatic rings. The first-order valence-electron chi connectivity index (χ1n) is 7.20. The molecule has 2 N–H and O–H groups in total. The van der Waals surface area contributed by atoms with Crippen LogP contribution in [0.15, 0.2) is 36.9 Å². The van der Waals surface area contributed by atoms with Gasteiger partial charge in [-0.3, -0.25) is 4.79 Å². The van der Waals surface area contributed by atoms with Gasteiger partial charge < -0.3 is 10.3 Å². The number of carbonyl (C=O) groups is 1. The summed E-state index contributed by atoms with van der Waals surface area (Å²) in [6.07, 6.45) is 2.68. The maximum absolute atomic E-state index is 12.0. The zero-order valence-corrected chi connectivity index (χ0v) is 12.9. The summed E-state index contributed by atoms with van der Waals surface area (Å²) in [7, 11) is 0. The van der Waals surface area contributed by atoms with Crippen LogP contribution < -0.4 is 5.73 Å². The summed E-state index contributed by atoms with van der Waals surface area (Å²) in [6.45, 7) is 10.6. The van der Waals surface area contributed by atoms with Gasteiger partial charge in [-0.2, -0.15) is 0 Å². The largest absolute Gasteiger partial charge is 0.366 e. The van der Waals surface area contributed by atoms with Gasteiger partial charge in [-0.15, -0.1) is 6.58 Å². The number of primary amides is 1. The van der Waals surface area contributed by atoms with Gasteiger partial charge in [0.1, 0.15) is 0 Å². The summed E-state index contributed by atoms with van der Waals surface area (Å²) in [5, 5.41) is 0. The molecule has 0 aliphatic rings. The lowest BCUT2D eigenvalue weighted by Crippen LogP contribution is -2.13. The highest BCUT2D eigenvalue weighted by Gasteiger charge is 2.23. The van der Waals surface area contributed by atoms with Crippen LogP contribution in [0.3, 0.4) is 0 Å². The van der Waals surface area contributed by atoms with Crippen LogP contribution in [0.4, 0.5) is 0 Å². The number of benzene rings is 1. The van der Waals surface area contributed by atoms with Crippen molar-refractivity contribution >= 4 is 5.91 Å². The number of hydrogen-bond donors (Lipinski definition) is 1. The number of amides is 1. The lowest BCUT2D eigenvalue weighted by Gasteiger charge is -2.09. The predicted molar refractivity (Wildman–Crippen MR) is 87.4 cm³/mol. The SMILES string of the molecule is C=CCn1c(C)c(C(N)=O)c(-c2ccc(C)cc2)c1CC. The van der Waals surface area contributed by atoms with E-state index in [0.717, 1.165) is 28.9 Å². The van der Waals surface area contributed by atoms with Crippen LogP contribution in [0.25, 0.3) is 11.1 Å². The molecule has 0 atom stereocenters. The van der Waals surface area contributed by atoms with Crippen LogP contribution in [0.1, 0.15) is 34.2 Å². The Balaban J connectivity index is 2.78. The molecule has 110 valence electrons. The molecule has 0 spiro atoms. The second-order valence-electron chi connectivity index (χ2n) is 5.27. The maximum atomic E-state index is 12.0. The van der Waals surface area contributed by atoms with Crippen LogP contribution in [-0.4, -0.2) is 10.5 Å². The van der Waals surface area contributed by atoms with E-state index in [4.69, 9.17) is 5.73 Å². The Hall–Kier alpha value is -2.29. The lowest BCUT2D eigenvalue weighted by atomic mass is 9.98. The highest BCUT2D eigenvalue weighted by Crippen LogP contribution is 2.33.